The third-order valence-electron chi connectivity index (χ3n) is 3.58. The summed E-state index contributed by atoms with van der Waals surface area (Å²) in [6, 6.07) is 9.73. The molecule has 0 unspecified atom stereocenters. The van der Waals surface area contributed by atoms with Crippen LogP contribution in [0.1, 0.15) is 11.1 Å². The second kappa shape index (κ2) is 9.31. The molecule has 0 radical (unpaired) electrons. The first-order chi connectivity index (χ1) is 11.8. The molecule has 1 aromatic heterocycles. The predicted molar refractivity (Wildman–Crippen MR) is 94.4 cm³/mol. The topological polar surface area (TPSA) is 76.3 Å². The van der Waals surface area contributed by atoms with Crippen molar-refractivity contribution in [2.75, 3.05) is 19.6 Å². The minimum absolute atomic E-state index is 0. The Morgan fingerprint density at radius 1 is 1.08 bits per heavy atom. The molecule has 0 amide bonds. The first-order valence-electron chi connectivity index (χ1n) is 7.52. The lowest BCUT2D eigenvalue weighted by Crippen LogP contribution is -2.37. The fraction of sp³-hybridized carbons (Fsp3) is 0.312. The molecule has 2 rings (SSSR count). The molecule has 2 aromatic rings. The number of nitrogens with zero attached hydrogens (tertiary/aromatic N) is 2. The van der Waals surface area contributed by atoms with E-state index in [-0.39, 0.29) is 32.0 Å². The molecule has 0 spiro atoms. The Bertz CT molecular complexity index is 802. The number of benzene rings is 1. The minimum atomic E-state index is -4.79. The zero-order valence-corrected chi connectivity index (χ0v) is 15.3. The van der Waals surface area contributed by atoms with Crippen molar-refractivity contribution in [3.05, 3.63) is 59.9 Å². The van der Waals surface area contributed by atoms with E-state index in [1.165, 1.54) is 0 Å². The van der Waals surface area contributed by atoms with Crippen LogP contribution < -0.4 is 5.73 Å². The van der Waals surface area contributed by atoms with Crippen molar-refractivity contribution in [3.63, 3.8) is 0 Å². The fourth-order valence-electron chi connectivity index (χ4n) is 2.35. The fourth-order valence-corrected chi connectivity index (χ4v) is 3.96. The molecule has 0 atom stereocenters. The highest BCUT2D eigenvalue weighted by molar-refractivity contribution is 7.89. The monoisotopic (exact) mass is 409 g/mol. The van der Waals surface area contributed by atoms with E-state index >= 15 is 0 Å². The molecule has 0 bridgehead atoms. The summed E-state index contributed by atoms with van der Waals surface area (Å²) in [7, 11) is -4.38. The normalized spacial score (nSPS) is 12.0. The van der Waals surface area contributed by atoms with Crippen LogP contribution in [0, 0.1) is 0 Å². The van der Waals surface area contributed by atoms with Crippen LogP contribution in [0.5, 0.6) is 0 Å². The van der Waals surface area contributed by atoms with Crippen LogP contribution in [0.15, 0.2) is 53.7 Å². The van der Waals surface area contributed by atoms with Crippen molar-refractivity contribution in [2.24, 2.45) is 5.73 Å². The second-order valence-corrected chi connectivity index (χ2v) is 7.20. The molecule has 0 saturated heterocycles. The Labute approximate surface area is 156 Å². The first-order valence-corrected chi connectivity index (χ1v) is 8.96. The predicted octanol–water partition coefficient (Wildman–Crippen LogP) is 2.71. The van der Waals surface area contributed by atoms with Crippen LogP contribution in [0.3, 0.4) is 0 Å². The summed E-state index contributed by atoms with van der Waals surface area (Å²) in [5, 5.41) is 0. The zero-order chi connectivity index (χ0) is 18.5. The Kier molecular flexibility index (Phi) is 8.01. The van der Waals surface area contributed by atoms with E-state index in [9.17, 15) is 21.6 Å². The number of nitrogens with two attached hydrogens (primary N) is 1. The molecule has 0 aliphatic heterocycles. The van der Waals surface area contributed by atoms with Gasteiger partial charge in [-0.1, -0.05) is 30.3 Å². The molecule has 0 aliphatic carbocycles. The largest absolute Gasteiger partial charge is 0.417 e. The number of pyridine rings is 1. The second-order valence-electron chi connectivity index (χ2n) is 5.30. The Balaban J connectivity index is 0.00000338. The first kappa shape index (κ1) is 22.4. The standard InChI is InChI=1S/C16H18F3N3O2S.ClH/c17-16(18,19)14-6-9-21-12-15(14)25(23,24)22(11-8-20)10-7-13-4-2-1-3-5-13;/h1-6,9,12H,7-8,10-11,20H2;1H. The summed E-state index contributed by atoms with van der Waals surface area (Å²) in [6.45, 7) is -0.0628. The van der Waals surface area contributed by atoms with Crippen LogP contribution in [0.2, 0.25) is 0 Å². The van der Waals surface area contributed by atoms with Crippen LogP contribution >= 0.6 is 12.4 Å². The van der Waals surface area contributed by atoms with Crippen molar-refractivity contribution in [3.8, 4) is 0 Å². The molecule has 144 valence electrons. The van der Waals surface area contributed by atoms with Gasteiger partial charge in [0, 0.05) is 32.0 Å². The SMILES string of the molecule is Cl.NCCN(CCc1ccccc1)S(=O)(=O)c1cnccc1C(F)(F)F. The molecule has 1 aromatic carbocycles. The van der Waals surface area contributed by atoms with E-state index < -0.39 is 26.7 Å². The Hall–Kier alpha value is -1.68. The number of hydrogen-bond donors (Lipinski definition) is 1. The van der Waals surface area contributed by atoms with Crippen LogP contribution in [-0.4, -0.2) is 37.3 Å². The lowest BCUT2D eigenvalue weighted by molar-refractivity contribution is -0.140. The molecule has 1 heterocycles. The summed E-state index contributed by atoms with van der Waals surface area (Å²) in [5.74, 6) is 0. The average Bonchev–Trinajstić information content (AvgIpc) is 2.58. The third-order valence-corrected chi connectivity index (χ3v) is 5.51. The van der Waals surface area contributed by atoms with Gasteiger partial charge < -0.3 is 5.73 Å². The van der Waals surface area contributed by atoms with Gasteiger partial charge in [-0.25, -0.2) is 8.42 Å². The highest BCUT2D eigenvalue weighted by Gasteiger charge is 2.39. The quantitative estimate of drug-likeness (QED) is 0.762. The minimum Gasteiger partial charge on any atom is -0.329 e. The van der Waals surface area contributed by atoms with Crippen LogP contribution in [0.4, 0.5) is 13.2 Å². The van der Waals surface area contributed by atoms with Gasteiger partial charge >= 0.3 is 6.18 Å². The number of alkyl halides is 3. The molecule has 0 saturated carbocycles. The summed E-state index contributed by atoms with van der Waals surface area (Å²) in [4.78, 5) is 2.69. The van der Waals surface area contributed by atoms with Crippen LogP contribution in [-0.2, 0) is 22.6 Å². The van der Waals surface area contributed by atoms with Gasteiger partial charge in [-0.2, -0.15) is 17.5 Å². The molecule has 2 N–H and O–H groups in total. The van der Waals surface area contributed by atoms with Crippen molar-refractivity contribution in [1.82, 2.24) is 9.29 Å². The van der Waals surface area contributed by atoms with Crippen LogP contribution in [0.25, 0.3) is 0 Å². The van der Waals surface area contributed by atoms with E-state index in [2.05, 4.69) is 4.98 Å². The Morgan fingerprint density at radius 2 is 1.73 bits per heavy atom. The summed E-state index contributed by atoms with van der Waals surface area (Å²) >= 11 is 0. The average molecular weight is 410 g/mol. The van der Waals surface area contributed by atoms with Crippen molar-refractivity contribution in [2.45, 2.75) is 17.5 Å². The van der Waals surface area contributed by atoms with Gasteiger partial charge in [-0.15, -0.1) is 12.4 Å². The van der Waals surface area contributed by atoms with Gasteiger partial charge in [0.15, 0.2) is 0 Å². The van der Waals surface area contributed by atoms with Gasteiger partial charge in [-0.3, -0.25) is 4.98 Å². The maximum Gasteiger partial charge on any atom is 0.417 e. The number of hydrogen-bond acceptors (Lipinski definition) is 4. The van der Waals surface area contributed by atoms with E-state index in [0.29, 0.717) is 12.5 Å². The van der Waals surface area contributed by atoms with Gasteiger partial charge in [0.25, 0.3) is 0 Å². The van der Waals surface area contributed by atoms with Gasteiger partial charge in [0.1, 0.15) is 4.90 Å². The summed E-state index contributed by atoms with van der Waals surface area (Å²) < 4.78 is 65.9. The molecule has 5 nitrogen and oxygen atoms in total. The maximum atomic E-state index is 13.1. The molecular weight excluding hydrogens is 391 g/mol. The lowest BCUT2D eigenvalue weighted by atomic mass is 10.1. The molecule has 26 heavy (non-hydrogen) atoms. The molecule has 0 aliphatic rings. The zero-order valence-electron chi connectivity index (χ0n) is 13.7. The lowest BCUT2D eigenvalue weighted by Gasteiger charge is -2.23. The van der Waals surface area contributed by atoms with Gasteiger partial charge in [0.05, 0.1) is 5.56 Å². The van der Waals surface area contributed by atoms with E-state index in [4.69, 9.17) is 5.73 Å². The maximum absolute atomic E-state index is 13.1. The highest BCUT2D eigenvalue weighted by Crippen LogP contribution is 2.34. The highest BCUT2D eigenvalue weighted by atomic mass is 35.5. The number of sulfonamides is 1. The number of halogens is 4. The van der Waals surface area contributed by atoms with E-state index in [1.54, 1.807) is 12.1 Å². The van der Waals surface area contributed by atoms with Gasteiger partial charge in [-0.05, 0) is 18.1 Å². The number of aromatic nitrogens is 1. The van der Waals surface area contributed by atoms with E-state index in [0.717, 1.165) is 22.3 Å². The molecule has 10 heteroatoms. The van der Waals surface area contributed by atoms with Crippen molar-refractivity contribution < 1.29 is 21.6 Å². The Morgan fingerprint density at radius 3 is 2.31 bits per heavy atom. The van der Waals surface area contributed by atoms with Gasteiger partial charge in [0.2, 0.25) is 10.0 Å². The molecule has 0 fully saturated rings. The summed E-state index contributed by atoms with van der Waals surface area (Å²) in [6.07, 6.45) is -2.79. The molecular formula is C16H19ClF3N3O2S. The summed E-state index contributed by atoms with van der Waals surface area (Å²) in [5.41, 5.74) is 5.10. The smallest absolute Gasteiger partial charge is 0.329 e. The number of rotatable bonds is 7. The third kappa shape index (κ3) is 5.41. The van der Waals surface area contributed by atoms with Crippen molar-refractivity contribution in [1.29, 1.82) is 0 Å². The van der Waals surface area contributed by atoms with E-state index in [1.807, 2.05) is 18.2 Å². The van der Waals surface area contributed by atoms with Crippen molar-refractivity contribution >= 4 is 22.4 Å².